The maximum Gasteiger partial charge on any atom is 0.191 e. The van der Waals surface area contributed by atoms with Gasteiger partial charge in [0.05, 0.1) is 25.9 Å². The normalized spacial score (nSPS) is 23.2. The molecule has 0 radical (unpaired) electrons. The van der Waals surface area contributed by atoms with Gasteiger partial charge in [0.2, 0.25) is 0 Å². The van der Waals surface area contributed by atoms with E-state index in [1.165, 1.54) is 6.42 Å². The fourth-order valence-electron chi connectivity index (χ4n) is 3.24. The highest BCUT2D eigenvalue weighted by Gasteiger charge is 2.15. The molecular formula is C19H38N4O3. The second kappa shape index (κ2) is 13.3. The molecule has 2 aliphatic heterocycles. The van der Waals surface area contributed by atoms with Crippen LogP contribution in [0.15, 0.2) is 4.99 Å². The number of ether oxygens (including phenoxy) is 3. The van der Waals surface area contributed by atoms with Crippen molar-refractivity contribution in [1.29, 1.82) is 0 Å². The fourth-order valence-corrected chi connectivity index (χ4v) is 3.24. The molecule has 7 nitrogen and oxygen atoms in total. The van der Waals surface area contributed by atoms with Crippen molar-refractivity contribution in [2.75, 3.05) is 72.3 Å². The van der Waals surface area contributed by atoms with Crippen LogP contribution in [0.4, 0.5) is 0 Å². The molecule has 0 aromatic rings. The first-order valence-electron chi connectivity index (χ1n) is 10.3. The van der Waals surface area contributed by atoms with E-state index in [1.807, 2.05) is 0 Å². The van der Waals surface area contributed by atoms with Gasteiger partial charge in [-0.05, 0) is 32.1 Å². The van der Waals surface area contributed by atoms with E-state index in [-0.39, 0.29) is 0 Å². The maximum absolute atomic E-state index is 5.70. The third kappa shape index (κ3) is 9.16. The zero-order valence-corrected chi connectivity index (χ0v) is 16.7. The quantitative estimate of drug-likeness (QED) is 0.322. The molecule has 2 heterocycles. The molecule has 2 aliphatic rings. The molecule has 26 heavy (non-hydrogen) atoms. The Labute approximate surface area is 158 Å². The smallest absolute Gasteiger partial charge is 0.191 e. The van der Waals surface area contributed by atoms with Crippen molar-refractivity contribution in [3.05, 3.63) is 0 Å². The van der Waals surface area contributed by atoms with Crippen molar-refractivity contribution in [3.8, 4) is 0 Å². The second-order valence-electron chi connectivity index (χ2n) is 7.23. The van der Waals surface area contributed by atoms with E-state index in [1.54, 1.807) is 0 Å². The van der Waals surface area contributed by atoms with Crippen LogP contribution in [0.3, 0.4) is 0 Å². The predicted octanol–water partition coefficient (Wildman–Crippen LogP) is 1.10. The number of guanidine groups is 1. The number of aliphatic imine (C=N–C) groups is 1. The first-order chi connectivity index (χ1) is 12.8. The number of nitrogens with one attached hydrogen (secondary N) is 2. The van der Waals surface area contributed by atoms with E-state index in [2.05, 4.69) is 29.4 Å². The lowest BCUT2D eigenvalue weighted by Crippen LogP contribution is -2.40. The van der Waals surface area contributed by atoms with E-state index in [0.717, 1.165) is 91.1 Å². The van der Waals surface area contributed by atoms with Crippen LogP contribution in [0.25, 0.3) is 0 Å². The molecule has 2 unspecified atom stereocenters. The average Bonchev–Trinajstić information content (AvgIpc) is 3.16. The van der Waals surface area contributed by atoms with Crippen LogP contribution in [-0.4, -0.2) is 89.3 Å². The lowest BCUT2D eigenvalue weighted by atomic mass is 10.1. The standard InChI is InChI=1S/C19H38N4O3/c1-3-20-19(21-7-5-10-25-16-18-6-4-11-26-18)22-14-17(2)15-23-8-12-24-13-9-23/h17-18H,3-16H2,1-2H3,(H2,20,21,22). The van der Waals surface area contributed by atoms with Gasteiger partial charge < -0.3 is 24.8 Å². The zero-order chi connectivity index (χ0) is 18.5. The minimum atomic E-state index is 0.315. The minimum absolute atomic E-state index is 0.315. The molecule has 2 saturated heterocycles. The summed E-state index contributed by atoms with van der Waals surface area (Å²) in [5, 5.41) is 6.72. The SMILES string of the molecule is CCNC(=NCC(C)CN1CCOCC1)NCCCOCC1CCCO1. The summed E-state index contributed by atoms with van der Waals surface area (Å²) in [5.74, 6) is 1.44. The van der Waals surface area contributed by atoms with Gasteiger partial charge in [-0.15, -0.1) is 0 Å². The van der Waals surface area contributed by atoms with E-state index in [4.69, 9.17) is 19.2 Å². The summed E-state index contributed by atoms with van der Waals surface area (Å²) in [7, 11) is 0. The van der Waals surface area contributed by atoms with Crippen molar-refractivity contribution in [2.24, 2.45) is 10.9 Å². The van der Waals surface area contributed by atoms with Crippen molar-refractivity contribution < 1.29 is 14.2 Å². The Balaban J connectivity index is 1.55. The number of hydrogen-bond acceptors (Lipinski definition) is 5. The van der Waals surface area contributed by atoms with Crippen LogP contribution in [0, 0.1) is 5.92 Å². The predicted molar refractivity (Wildman–Crippen MR) is 105 cm³/mol. The van der Waals surface area contributed by atoms with Crippen LogP contribution >= 0.6 is 0 Å². The fraction of sp³-hybridized carbons (Fsp3) is 0.947. The van der Waals surface area contributed by atoms with Crippen LogP contribution in [-0.2, 0) is 14.2 Å². The Morgan fingerprint density at radius 2 is 2.12 bits per heavy atom. The Bertz CT molecular complexity index is 383. The van der Waals surface area contributed by atoms with E-state index >= 15 is 0 Å². The van der Waals surface area contributed by atoms with Crippen LogP contribution in [0.5, 0.6) is 0 Å². The van der Waals surface area contributed by atoms with Gasteiger partial charge in [-0.2, -0.15) is 0 Å². The molecule has 2 fully saturated rings. The van der Waals surface area contributed by atoms with Gasteiger partial charge in [-0.1, -0.05) is 6.92 Å². The summed E-state index contributed by atoms with van der Waals surface area (Å²) < 4.78 is 16.7. The first-order valence-corrected chi connectivity index (χ1v) is 10.3. The molecule has 0 aromatic heterocycles. The average molecular weight is 371 g/mol. The van der Waals surface area contributed by atoms with Gasteiger partial charge >= 0.3 is 0 Å². The van der Waals surface area contributed by atoms with E-state index in [0.29, 0.717) is 12.0 Å². The van der Waals surface area contributed by atoms with Gasteiger partial charge in [0, 0.05) is 52.5 Å². The highest BCUT2D eigenvalue weighted by molar-refractivity contribution is 5.79. The number of hydrogen-bond donors (Lipinski definition) is 2. The molecule has 0 amide bonds. The van der Waals surface area contributed by atoms with Crippen molar-refractivity contribution in [3.63, 3.8) is 0 Å². The Hall–Kier alpha value is -0.890. The summed E-state index contributed by atoms with van der Waals surface area (Å²) in [6.45, 7) is 14.2. The van der Waals surface area contributed by atoms with Crippen LogP contribution in [0.2, 0.25) is 0 Å². The Morgan fingerprint density at radius 3 is 2.85 bits per heavy atom. The summed E-state index contributed by atoms with van der Waals surface area (Å²) >= 11 is 0. The number of rotatable bonds is 11. The lowest BCUT2D eigenvalue weighted by molar-refractivity contribution is 0.0168. The van der Waals surface area contributed by atoms with Crippen LogP contribution in [0.1, 0.15) is 33.1 Å². The van der Waals surface area contributed by atoms with Gasteiger partial charge in [0.25, 0.3) is 0 Å². The molecule has 2 atom stereocenters. The molecule has 2 rings (SSSR count). The molecule has 0 spiro atoms. The minimum Gasteiger partial charge on any atom is -0.379 e. The molecule has 0 aliphatic carbocycles. The van der Waals surface area contributed by atoms with E-state index < -0.39 is 0 Å². The molecule has 0 saturated carbocycles. The summed E-state index contributed by atoms with van der Waals surface area (Å²) in [6, 6.07) is 0. The summed E-state index contributed by atoms with van der Waals surface area (Å²) in [6.07, 6.45) is 3.59. The molecule has 2 N–H and O–H groups in total. The van der Waals surface area contributed by atoms with Gasteiger partial charge in [-0.3, -0.25) is 9.89 Å². The second-order valence-corrected chi connectivity index (χ2v) is 7.23. The third-order valence-corrected chi connectivity index (χ3v) is 4.66. The monoisotopic (exact) mass is 370 g/mol. The van der Waals surface area contributed by atoms with Gasteiger partial charge in [0.1, 0.15) is 0 Å². The van der Waals surface area contributed by atoms with Gasteiger partial charge in [-0.25, -0.2) is 0 Å². The topological polar surface area (TPSA) is 67.4 Å². The molecule has 7 heteroatoms. The third-order valence-electron chi connectivity index (χ3n) is 4.66. The summed E-state index contributed by atoms with van der Waals surface area (Å²) in [5.41, 5.74) is 0. The largest absolute Gasteiger partial charge is 0.379 e. The van der Waals surface area contributed by atoms with Crippen LogP contribution < -0.4 is 10.6 Å². The highest BCUT2D eigenvalue weighted by Crippen LogP contribution is 2.11. The molecule has 0 aromatic carbocycles. The van der Waals surface area contributed by atoms with Crippen molar-refractivity contribution in [2.45, 2.75) is 39.2 Å². The maximum atomic E-state index is 5.70. The Kier molecular flexibility index (Phi) is 11.0. The number of morpholine rings is 1. The first kappa shape index (κ1) is 21.4. The molecule has 0 bridgehead atoms. The van der Waals surface area contributed by atoms with Gasteiger partial charge in [0.15, 0.2) is 5.96 Å². The molecular weight excluding hydrogens is 332 g/mol. The van der Waals surface area contributed by atoms with Crippen molar-refractivity contribution in [1.82, 2.24) is 15.5 Å². The van der Waals surface area contributed by atoms with Crippen molar-refractivity contribution >= 4 is 5.96 Å². The molecule has 152 valence electrons. The Morgan fingerprint density at radius 1 is 1.27 bits per heavy atom. The van der Waals surface area contributed by atoms with E-state index in [9.17, 15) is 0 Å². The summed E-state index contributed by atoms with van der Waals surface area (Å²) in [4.78, 5) is 7.20. The number of nitrogens with zero attached hydrogens (tertiary/aromatic N) is 2. The lowest BCUT2D eigenvalue weighted by Gasteiger charge is -2.28. The zero-order valence-electron chi connectivity index (χ0n) is 16.7. The highest BCUT2D eigenvalue weighted by atomic mass is 16.5.